The average Bonchev–Trinajstić information content (AvgIpc) is 2.36. The van der Waals surface area contributed by atoms with Crippen LogP contribution in [0, 0.1) is 0 Å². The Morgan fingerprint density at radius 3 is 2.10 bits per heavy atom. The molecule has 0 spiro atoms. The summed E-state index contributed by atoms with van der Waals surface area (Å²) in [6.07, 6.45) is -6.71. The lowest BCUT2D eigenvalue weighted by Gasteiger charge is -2.23. The number of carbonyl (C=O) groups is 2. The Morgan fingerprint density at radius 1 is 1.00 bits per heavy atom. The molecule has 0 fully saturated rings. The smallest absolute Gasteiger partial charge is 0.305 e. The Hall–Kier alpha value is -1.06. The molecule has 0 rings (SSSR count). The van der Waals surface area contributed by atoms with E-state index >= 15 is 0 Å². The van der Waals surface area contributed by atoms with E-state index in [2.05, 4.69) is 0 Å². The lowest BCUT2D eigenvalue weighted by molar-refractivity contribution is -0.179. The van der Waals surface area contributed by atoms with Crippen molar-refractivity contribution in [1.29, 1.82) is 0 Å². The van der Waals surface area contributed by atoms with Gasteiger partial charge in [-0.25, -0.2) is 0 Å². The summed E-state index contributed by atoms with van der Waals surface area (Å²) in [7, 11) is 0. The summed E-state index contributed by atoms with van der Waals surface area (Å²) < 4.78 is 4.76. The Balaban J connectivity index is 3.82. The summed E-state index contributed by atoms with van der Waals surface area (Å²) in [5.74, 6) is -0.552. The first-order chi connectivity index (χ1) is 9.25. The number of esters is 1. The topological polar surface area (TPSA) is 145 Å². The lowest BCUT2D eigenvalue weighted by Crippen LogP contribution is -2.44. The molecule has 3 atom stereocenters. The minimum absolute atomic E-state index is 0.0205. The van der Waals surface area contributed by atoms with E-state index in [0.717, 1.165) is 0 Å². The maximum absolute atomic E-state index is 11.2. The predicted molar refractivity (Wildman–Crippen MR) is 66.4 cm³/mol. The Kier molecular flexibility index (Phi) is 9.26. The summed E-state index contributed by atoms with van der Waals surface area (Å²) in [4.78, 5) is 21.9. The van der Waals surface area contributed by atoms with Crippen LogP contribution in [0.3, 0.4) is 0 Å². The van der Waals surface area contributed by atoms with Gasteiger partial charge in [0.05, 0.1) is 12.7 Å². The first kappa shape index (κ1) is 18.9. The number of hydrogen-bond acceptors (Lipinski definition) is 8. The molecule has 8 nitrogen and oxygen atoms in total. The number of hydrogen-bond donors (Lipinski definition) is 5. The van der Waals surface area contributed by atoms with Crippen LogP contribution in [-0.4, -0.2) is 68.5 Å². The monoisotopic (exact) mass is 294 g/mol. The van der Waals surface area contributed by atoms with Crippen molar-refractivity contribution in [2.24, 2.45) is 0 Å². The molecule has 5 N–H and O–H groups in total. The molecule has 8 heteroatoms. The van der Waals surface area contributed by atoms with Crippen molar-refractivity contribution < 1.29 is 39.9 Å². The van der Waals surface area contributed by atoms with Gasteiger partial charge in [0.2, 0.25) is 0 Å². The molecule has 3 unspecified atom stereocenters. The molecule has 118 valence electrons. The zero-order chi connectivity index (χ0) is 15.7. The molecule has 0 aromatic carbocycles. The third-order valence-corrected chi connectivity index (χ3v) is 2.64. The van der Waals surface area contributed by atoms with E-state index in [1.54, 1.807) is 0 Å². The second kappa shape index (κ2) is 9.78. The fraction of sp³-hybridized carbons (Fsp3) is 0.833. The predicted octanol–water partition coefficient (Wildman–Crippen LogP) is -1.93. The molecular formula is C12H22O8. The van der Waals surface area contributed by atoms with Crippen molar-refractivity contribution in [3.8, 4) is 0 Å². The number of carbonyl (C=O) groups excluding carboxylic acids is 2. The molecule has 0 aliphatic carbocycles. The molecule has 0 bridgehead atoms. The van der Waals surface area contributed by atoms with Gasteiger partial charge < -0.3 is 35.1 Å². The van der Waals surface area contributed by atoms with Crippen LogP contribution >= 0.6 is 0 Å². The molecule has 0 aliphatic rings. The van der Waals surface area contributed by atoms with Gasteiger partial charge in [-0.15, -0.1) is 0 Å². The second-order valence-electron chi connectivity index (χ2n) is 4.53. The number of ketones is 1. The van der Waals surface area contributed by atoms with Crippen LogP contribution in [-0.2, 0) is 14.3 Å². The van der Waals surface area contributed by atoms with E-state index in [9.17, 15) is 19.8 Å². The van der Waals surface area contributed by atoms with E-state index in [1.807, 2.05) is 0 Å². The van der Waals surface area contributed by atoms with E-state index in [0.29, 0.717) is 6.42 Å². The minimum atomic E-state index is -2.17. The van der Waals surface area contributed by atoms with Gasteiger partial charge in [-0.1, -0.05) is 0 Å². The highest BCUT2D eigenvalue weighted by Crippen LogP contribution is 2.07. The van der Waals surface area contributed by atoms with Gasteiger partial charge in [-0.3, -0.25) is 4.79 Å². The van der Waals surface area contributed by atoms with Gasteiger partial charge in [-0.05, 0) is 13.3 Å². The zero-order valence-corrected chi connectivity index (χ0v) is 11.3. The van der Waals surface area contributed by atoms with Gasteiger partial charge in [0.1, 0.15) is 18.0 Å². The van der Waals surface area contributed by atoms with E-state index in [-0.39, 0.29) is 31.7 Å². The van der Waals surface area contributed by atoms with Crippen LogP contribution in [0.1, 0.15) is 32.6 Å². The van der Waals surface area contributed by atoms with Crippen LogP contribution < -0.4 is 0 Å². The van der Waals surface area contributed by atoms with Crippen molar-refractivity contribution in [2.75, 3.05) is 6.61 Å². The average molecular weight is 294 g/mol. The molecule has 20 heavy (non-hydrogen) atoms. The molecule has 0 aliphatic heterocycles. The standard InChI is InChI=1S/C12H22O8/c1-7(13)3-2-4-9(15)20-6-5-8(14)10(16)11(17)12(18)19/h8,10-12,14,16-19H,2-6H2,1H3. The van der Waals surface area contributed by atoms with Crippen LogP contribution in [0.4, 0.5) is 0 Å². The molecule has 0 aromatic heterocycles. The minimum Gasteiger partial charge on any atom is -0.466 e. The largest absolute Gasteiger partial charge is 0.466 e. The Labute approximate surface area is 116 Å². The molecule has 0 saturated carbocycles. The third-order valence-electron chi connectivity index (χ3n) is 2.64. The van der Waals surface area contributed by atoms with Crippen molar-refractivity contribution >= 4 is 11.8 Å². The zero-order valence-electron chi connectivity index (χ0n) is 11.3. The second-order valence-corrected chi connectivity index (χ2v) is 4.53. The maximum atomic E-state index is 11.2. The van der Waals surface area contributed by atoms with Crippen LogP contribution in [0.5, 0.6) is 0 Å². The van der Waals surface area contributed by atoms with E-state index in [4.69, 9.17) is 20.1 Å². The van der Waals surface area contributed by atoms with Gasteiger partial charge in [0.15, 0.2) is 6.29 Å². The van der Waals surface area contributed by atoms with Crippen molar-refractivity contribution in [2.45, 2.75) is 57.2 Å². The van der Waals surface area contributed by atoms with Crippen LogP contribution in [0.25, 0.3) is 0 Å². The van der Waals surface area contributed by atoms with Gasteiger partial charge in [0.25, 0.3) is 0 Å². The van der Waals surface area contributed by atoms with Crippen molar-refractivity contribution in [3.63, 3.8) is 0 Å². The summed E-state index contributed by atoms with van der Waals surface area (Å²) >= 11 is 0. The van der Waals surface area contributed by atoms with Crippen molar-refractivity contribution in [3.05, 3.63) is 0 Å². The highest BCUT2D eigenvalue weighted by molar-refractivity contribution is 5.76. The molecular weight excluding hydrogens is 272 g/mol. The Bertz CT molecular complexity index is 304. The summed E-state index contributed by atoms with van der Waals surface area (Å²) in [5, 5.41) is 45.1. The highest BCUT2D eigenvalue weighted by Gasteiger charge is 2.29. The molecule has 0 saturated heterocycles. The molecule has 0 aromatic rings. The molecule has 0 amide bonds. The summed E-state index contributed by atoms with van der Waals surface area (Å²) in [5.41, 5.74) is 0. The number of Topliss-reactive ketones (excluding diaryl/α,β-unsaturated/α-hetero) is 1. The van der Waals surface area contributed by atoms with Gasteiger partial charge >= 0.3 is 5.97 Å². The maximum Gasteiger partial charge on any atom is 0.305 e. The summed E-state index contributed by atoms with van der Waals surface area (Å²) in [6, 6.07) is 0. The van der Waals surface area contributed by atoms with Crippen molar-refractivity contribution in [1.82, 2.24) is 0 Å². The van der Waals surface area contributed by atoms with Crippen LogP contribution in [0.2, 0.25) is 0 Å². The first-order valence-electron chi connectivity index (χ1n) is 6.31. The molecule has 0 radical (unpaired) electrons. The van der Waals surface area contributed by atoms with E-state index < -0.39 is 30.6 Å². The van der Waals surface area contributed by atoms with Crippen LogP contribution in [0.15, 0.2) is 0 Å². The lowest BCUT2D eigenvalue weighted by atomic mass is 10.1. The number of aliphatic hydroxyl groups excluding tert-OH is 4. The summed E-state index contributed by atoms with van der Waals surface area (Å²) in [6.45, 7) is 1.23. The van der Waals surface area contributed by atoms with Gasteiger partial charge in [0, 0.05) is 19.3 Å². The molecule has 0 heterocycles. The normalized spacial score (nSPS) is 15.8. The van der Waals surface area contributed by atoms with E-state index in [1.165, 1.54) is 6.92 Å². The quantitative estimate of drug-likeness (QED) is 0.231. The number of ether oxygens (including phenoxy) is 1. The first-order valence-corrected chi connectivity index (χ1v) is 6.31. The van der Waals surface area contributed by atoms with Gasteiger partial charge in [-0.2, -0.15) is 0 Å². The Morgan fingerprint density at radius 2 is 1.60 bits per heavy atom. The fourth-order valence-electron chi connectivity index (χ4n) is 1.42. The number of aliphatic hydroxyl groups is 5. The SMILES string of the molecule is CC(=O)CCCC(=O)OCCC(O)C(O)C(O)C(O)O. The highest BCUT2D eigenvalue weighted by atomic mass is 16.5. The third kappa shape index (κ3) is 8.18. The number of rotatable bonds is 10. The fourth-order valence-corrected chi connectivity index (χ4v) is 1.42.